The summed E-state index contributed by atoms with van der Waals surface area (Å²) in [6.07, 6.45) is 0. The van der Waals surface area contributed by atoms with Gasteiger partial charge in [-0.3, -0.25) is 0 Å². The molecule has 0 spiro atoms. The molecule has 0 aliphatic heterocycles. The lowest BCUT2D eigenvalue weighted by molar-refractivity contribution is -0.936. The second kappa shape index (κ2) is 9.80. The number of hydrogen-bond donors (Lipinski definition) is 0. The first-order chi connectivity index (χ1) is 11.1. The van der Waals surface area contributed by atoms with Crippen molar-refractivity contribution in [2.45, 2.75) is 27.3 Å². The van der Waals surface area contributed by atoms with Crippen LogP contribution >= 0.6 is 0 Å². The number of benzene rings is 2. The Morgan fingerprint density at radius 3 is 1.61 bits per heavy atom. The van der Waals surface area contributed by atoms with Crippen molar-refractivity contribution in [3.63, 3.8) is 0 Å². The Bertz CT molecular complexity index is 554. The first-order valence-corrected chi connectivity index (χ1v) is 8.22. The van der Waals surface area contributed by atoms with Crippen molar-refractivity contribution in [2.24, 2.45) is 0 Å². The molecule has 2 rings (SSSR count). The van der Waals surface area contributed by atoms with Crippen LogP contribution in [0.4, 0.5) is 0 Å². The van der Waals surface area contributed by atoms with Crippen LogP contribution in [0, 0.1) is 0 Å². The van der Waals surface area contributed by atoms with Gasteiger partial charge in [0.2, 0.25) is 0 Å². The van der Waals surface area contributed by atoms with E-state index in [4.69, 9.17) is 0 Å². The van der Waals surface area contributed by atoms with Gasteiger partial charge in [-0.25, -0.2) is 0 Å². The summed E-state index contributed by atoms with van der Waals surface area (Å²) in [5, 5.41) is 10.1. The molecule has 0 aliphatic rings. The van der Waals surface area contributed by atoms with Crippen LogP contribution in [0.25, 0.3) is 0 Å². The van der Waals surface area contributed by atoms with Crippen LogP contribution in [0.2, 0.25) is 0 Å². The predicted octanol–water partition coefficient (Wildman–Crippen LogP) is 3.11. The molecule has 2 aromatic rings. The van der Waals surface area contributed by atoms with Crippen molar-refractivity contribution in [2.75, 3.05) is 19.6 Å². The topological polar surface area (TPSA) is 40.1 Å². The Kier molecular flexibility index (Phi) is 8.06. The summed E-state index contributed by atoms with van der Waals surface area (Å²) in [5.74, 6) is -1.13. The number of hydrogen-bond acceptors (Lipinski definition) is 2. The lowest BCUT2D eigenvalue weighted by atomic mass is 10.2. The molecule has 0 saturated heterocycles. The maximum Gasteiger partial charge on any atom is 0.104 e. The molecule has 0 saturated carbocycles. The number of carbonyl (C=O) groups is 1. The van der Waals surface area contributed by atoms with Crippen molar-refractivity contribution in [1.29, 1.82) is 0 Å². The zero-order valence-corrected chi connectivity index (χ0v) is 14.4. The Morgan fingerprint density at radius 2 is 1.26 bits per heavy atom. The molecule has 124 valence electrons. The van der Waals surface area contributed by atoms with Gasteiger partial charge < -0.3 is 14.4 Å². The third-order valence-corrected chi connectivity index (χ3v) is 4.38. The lowest BCUT2D eigenvalue weighted by Crippen LogP contribution is -2.46. The number of carbonyl (C=O) groups excluding carboxylic acids is 1. The summed E-state index contributed by atoms with van der Waals surface area (Å²) in [6, 6.07) is 18.9. The van der Waals surface area contributed by atoms with Crippen molar-refractivity contribution < 1.29 is 14.4 Å². The zero-order valence-electron chi connectivity index (χ0n) is 14.4. The molecule has 3 nitrogen and oxygen atoms in total. The molecule has 0 radical (unpaired) electrons. The van der Waals surface area contributed by atoms with Crippen molar-refractivity contribution in [3.8, 4) is 0 Å². The van der Waals surface area contributed by atoms with Crippen LogP contribution in [0.15, 0.2) is 60.7 Å². The minimum atomic E-state index is -1.13. The van der Waals surface area contributed by atoms with E-state index in [1.54, 1.807) is 18.2 Å². The van der Waals surface area contributed by atoms with Crippen molar-refractivity contribution in [3.05, 3.63) is 71.8 Å². The quantitative estimate of drug-likeness (QED) is 0.769. The van der Waals surface area contributed by atoms with Gasteiger partial charge in [-0.2, -0.15) is 0 Å². The van der Waals surface area contributed by atoms with E-state index in [0.29, 0.717) is 0 Å². The summed E-state index contributed by atoms with van der Waals surface area (Å²) in [6.45, 7) is 11.7. The number of rotatable bonds is 6. The number of aromatic carboxylic acids is 1. The molecule has 0 unspecified atom stereocenters. The molecular weight excluding hydrogens is 286 g/mol. The monoisotopic (exact) mass is 313 g/mol. The van der Waals surface area contributed by atoms with E-state index in [0.717, 1.165) is 0 Å². The van der Waals surface area contributed by atoms with Crippen molar-refractivity contribution >= 4 is 5.97 Å². The van der Waals surface area contributed by atoms with Gasteiger partial charge in [0.15, 0.2) is 0 Å². The standard InChI is InChI=1S/C13H22N.C7H6O2/c1-4-14(5-2,6-3)12-13-10-8-7-9-11-13;8-7(9)6-4-2-1-3-5-6/h7-11H,4-6,12H2,1-3H3;1-5H,(H,8,9)/q+1;/p-1. The maximum atomic E-state index is 10.1. The van der Waals surface area contributed by atoms with Crippen LogP contribution < -0.4 is 5.11 Å². The van der Waals surface area contributed by atoms with Gasteiger partial charge in [-0.1, -0.05) is 60.7 Å². The molecular formula is C20H27NO2. The van der Waals surface area contributed by atoms with Crippen LogP contribution in [0.5, 0.6) is 0 Å². The highest BCUT2D eigenvalue weighted by molar-refractivity contribution is 5.85. The maximum absolute atomic E-state index is 10.1. The second-order valence-electron chi connectivity index (χ2n) is 5.59. The molecule has 0 heterocycles. The number of carboxylic acid groups (broad SMARTS) is 1. The van der Waals surface area contributed by atoms with Gasteiger partial charge in [0.05, 0.1) is 25.6 Å². The smallest absolute Gasteiger partial charge is 0.104 e. The summed E-state index contributed by atoms with van der Waals surface area (Å²) < 4.78 is 1.20. The van der Waals surface area contributed by atoms with Crippen molar-refractivity contribution in [1.82, 2.24) is 0 Å². The fraction of sp³-hybridized carbons (Fsp3) is 0.350. The molecule has 0 bridgehead atoms. The van der Waals surface area contributed by atoms with Gasteiger partial charge in [-0.05, 0) is 26.3 Å². The first kappa shape index (κ1) is 18.9. The Labute approximate surface area is 139 Å². The van der Waals surface area contributed by atoms with Gasteiger partial charge in [0, 0.05) is 5.56 Å². The van der Waals surface area contributed by atoms with E-state index in [1.807, 2.05) is 0 Å². The normalized spacial score (nSPS) is 10.6. The van der Waals surface area contributed by atoms with E-state index in [-0.39, 0.29) is 5.56 Å². The van der Waals surface area contributed by atoms with E-state index in [1.165, 1.54) is 48.4 Å². The average molecular weight is 313 g/mol. The molecule has 0 N–H and O–H groups in total. The molecule has 0 atom stereocenters. The molecule has 2 aromatic carbocycles. The SMILES string of the molecule is CC[N+](CC)(CC)Cc1ccccc1.O=C([O-])c1ccccc1. The second-order valence-corrected chi connectivity index (χ2v) is 5.59. The lowest BCUT2D eigenvalue weighted by Gasteiger charge is -2.35. The van der Waals surface area contributed by atoms with E-state index in [9.17, 15) is 9.90 Å². The molecule has 0 aromatic heterocycles. The average Bonchev–Trinajstić information content (AvgIpc) is 2.62. The minimum Gasteiger partial charge on any atom is -0.545 e. The molecule has 3 heteroatoms. The van der Waals surface area contributed by atoms with Crippen LogP contribution in [-0.4, -0.2) is 30.1 Å². The number of nitrogens with zero attached hydrogens (tertiary/aromatic N) is 1. The van der Waals surface area contributed by atoms with Gasteiger partial charge in [0.25, 0.3) is 0 Å². The third-order valence-electron chi connectivity index (χ3n) is 4.38. The highest BCUT2D eigenvalue weighted by atomic mass is 16.4. The molecule has 23 heavy (non-hydrogen) atoms. The van der Waals surface area contributed by atoms with Crippen LogP contribution in [0.3, 0.4) is 0 Å². The van der Waals surface area contributed by atoms with E-state index in [2.05, 4.69) is 51.1 Å². The summed E-state index contributed by atoms with van der Waals surface area (Å²) >= 11 is 0. The van der Waals surface area contributed by atoms with Crippen LogP contribution in [-0.2, 0) is 6.54 Å². The first-order valence-electron chi connectivity index (χ1n) is 8.22. The largest absolute Gasteiger partial charge is 0.545 e. The van der Waals surface area contributed by atoms with E-state index >= 15 is 0 Å². The fourth-order valence-corrected chi connectivity index (χ4v) is 2.55. The van der Waals surface area contributed by atoms with Crippen LogP contribution in [0.1, 0.15) is 36.7 Å². The third kappa shape index (κ3) is 6.25. The minimum absolute atomic E-state index is 0.220. The summed E-state index contributed by atoms with van der Waals surface area (Å²) in [4.78, 5) is 10.1. The highest BCUT2D eigenvalue weighted by Crippen LogP contribution is 2.13. The Morgan fingerprint density at radius 1 is 0.826 bits per heavy atom. The molecule has 0 fully saturated rings. The highest BCUT2D eigenvalue weighted by Gasteiger charge is 2.20. The Hall–Kier alpha value is -2.13. The van der Waals surface area contributed by atoms with E-state index < -0.39 is 5.97 Å². The Balaban J connectivity index is 0.000000253. The number of quaternary nitrogens is 1. The van der Waals surface area contributed by atoms with Gasteiger partial charge in [0.1, 0.15) is 6.54 Å². The predicted molar refractivity (Wildman–Crippen MR) is 92.8 cm³/mol. The summed E-state index contributed by atoms with van der Waals surface area (Å²) in [5.41, 5.74) is 1.68. The summed E-state index contributed by atoms with van der Waals surface area (Å²) in [7, 11) is 0. The number of carboxylic acids is 1. The van der Waals surface area contributed by atoms with Gasteiger partial charge in [-0.15, -0.1) is 0 Å². The fourth-order valence-electron chi connectivity index (χ4n) is 2.55. The van der Waals surface area contributed by atoms with Gasteiger partial charge >= 0.3 is 0 Å². The zero-order chi connectivity index (χ0) is 17.1. The molecule has 0 aliphatic carbocycles. The molecule has 0 amide bonds.